The lowest BCUT2D eigenvalue weighted by atomic mass is 10.0. The highest BCUT2D eigenvalue weighted by atomic mass is 16.5. The van der Waals surface area contributed by atoms with Gasteiger partial charge in [0.25, 0.3) is 0 Å². The van der Waals surface area contributed by atoms with Crippen molar-refractivity contribution in [3.8, 4) is 5.88 Å². The molecule has 2 N–H and O–H groups in total. The van der Waals surface area contributed by atoms with Crippen LogP contribution in [0.4, 0.5) is 23.0 Å². The molecule has 5 heterocycles. The van der Waals surface area contributed by atoms with Crippen molar-refractivity contribution in [2.45, 2.75) is 32.7 Å². The first-order valence-corrected chi connectivity index (χ1v) is 12.2. The second-order valence-electron chi connectivity index (χ2n) is 9.47. The van der Waals surface area contributed by atoms with E-state index in [1.165, 1.54) is 22.3 Å². The van der Waals surface area contributed by atoms with Crippen LogP contribution in [0.3, 0.4) is 0 Å². The van der Waals surface area contributed by atoms with Gasteiger partial charge < -0.3 is 25.2 Å². The fraction of sp³-hybridized carbons (Fsp3) is 0.423. The van der Waals surface area contributed by atoms with Crippen molar-refractivity contribution in [2.75, 3.05) is 55.4 Å². The molecule has 3 aliphatic heterocycles. The summed E-state index contributed by atoms with van der Waals surface area (Å²) in [4.78, 5) is 18.8. The lowest BCUT2D eigenvalue weighted by molar-refractivity contribution is 0.310. The third-order valence-corrected chi connectivity index (χ3v) is 7.19. The minimum Gasteiger partial charge on any atom is -0.474 e. The lowest BCUT2D eigenvalue weighted by Gasteiger charge is -2.32. The van der Waals surface area contributed by atoms with E-state index in [1.54, 1.807) is 0 Å². The summed E-state index contributed by atoms with van der Waals surface area (Å²) < 4.78 is 5.70. The second kappa shape index (κ2) is 8.76. The molecule has 3 aromatic rings. The lowest BCUT2D eigenvalue weighted by Crippen LogP contribution is -2.32. The summed E-state index contributed by atoms with van der Waals surface area (Å²) in [5, 5.41) is 6.89. The van der Waals surface area contributed by atoms with Gasteiger partial charge in [0.1, 0.15) is 12.3 Å². The van der Waals surface area contributed by atoms with Gasteiger partial charge in [-0.2, -0.15) is 0 Å². The minimum absolute atomic E-state index is 0.654. The van der Waals surface area contributed by atoms with Gasteiger partial charge >= 0.3 is 0 Å². The summed E-state index contributed by atoms with van der Waals surface area (Å²) in [5.74, 6) is 1.35. The van der Waals surface area contributed by atoms with E-state index in [2.05, 4.69) is 62.6 Å². The fourth-order valence-electron chi connectivity index (χ4n) is 5.14. The molecule has 34 heavy (non-hydrogen) atoms. The van der Waals surface area contributed by atoms with E-state index in [9.17, 15) is 0 Å². The summed E-state index contributed by atoms with van der Waals surface area (Å²) in [6.45, 7) is 7.48. The molecule has 0 saturated heterocycles. The SMILES string of the molecule is Cc1c(N2CCc3cnc(Nc4ccc5c(c4)CCN(C)CC5)nc3C2)cnc2c1NCCO2. The van der Waals surface area contributed by atoms with Crippen molar-refractivity contribution in [3.63, 3.8) is 0 Å². The summed E-state index contributed by atoms with van der Waals surface area (Å²) in [5.41, 5.74) is 9.53. The molecule has 0 amide bonds. The van der Waals surface area contributed by atoms with Crippen LogP contribution in [0.25, 0.3) is 0 Å². The molecular weight excluding hydrogens is 426 g/mol. The Morgan fingerprint density at radius 1 is 1.00 bits per heavy atom. The standard InChI is InChI=1S/C26H31N7O/c1-17-23(15-28-25-24(17)27-8-12-34-25)33-11-7-20-14-29-26(31-22(20)16-33)30-21-4-3-18-5-9-32(2)10-6-19(18)13-21/h3-4,13-15,27H,5-12,16H2,1-2H3,(H,29,30,31). The molecular formula is C26H31N7O. The van der Waals surface area contributed by atoms with Gasteiger partial charge in [-0.1, -0.05) is 6.07 Å². The molecule has 0 fully saturated rings. The molecule has 0 radical (unpaired) electrons. The average molecular weight is 458 g/mol. The number of likely N-dealkylation sites (N-methyl/N-ethyl adjacent to an activating group) is 1. The molecule has 0 unspecified atom stereocenters. The number of aromatic nitrogens is 3. The second-order valence-corrected chi connectivity index (χ2v) is 9.47. The van der Waals surface area contributed by atoms with Crippen molar-refractivity contribution >= 4 is 23.0 Å². The Bertz CT molecular complexity index is 1230. The van der Waals surface area contributed by atoms with E-state index >= 15 is 0 Å². The Balaban J connectivity index is 1.22. The highest BCUT2D eigenvalue weighted by Crippen LogP contribution is 2.36. The van der Waals surface area contributed by atoms with Crippen LogP contribution in [-0.2, 0) is 25.8 Å². The topological polar surface area (TPSA) is 78.4 Å². The summed E-state index contributed by atoms with van der Waals surface area (Å²) in [6.07, 6.45) is 7.02. The number of hydrogen-bond donors (Lipinski definition) is 2. The Labute approximate surface area is 200 Å². The molecule has 8 heteroatoms. The number of pyridine rings is 1. The largest absolute Gasteiger partial charge is 0.474 e. The quantitative estimate of drug-likeness (QED) is 0.620. The van der Waals surface area contributed by atoms with E-state index < -0.39 is 0 Å². The van der Waals surface area contributed by atoms with Crippen LogP contribution in [0.2, 0.25) is 0 Å². The fourth-order valence-corrected chi connectivity index (χ4v) is 5.14. The first-order chi connectivity index (χ1) is 16.6. The number of rotatable bonds is 3. The van der Waals surface area contributed by atoms with Crippen molar-refractivity contribution < 1.29 is 4.74 Å². The van der Waals surface area contributed by atoms with Gasteiger partial charge in [-0.15, -0.1) is 0 Å². The van der Waals surface area contributed by atoms with E-state index in [0.717, 1.165) is 74.7 Å². The maximum Gasteiger partial charge on any atom is 0.237 e. The normalized spacial score (nSPS) is 17.5. The zero-order valence-corrected chi connectivity index (χ0v) is 19.9. The smallest absolute Gasteiger partial charge is 0.237 e. The molecule has 0 saturated carbocycles. The molecule has 2 aromatic heterocycles. The number of fused-ring (bicyclic) bond motifs is 3. The van der Waals surface area contributed by atoms with Crippen LogP contribution in [-0.4, -0.2) is 59.7 Å². The van der Waals surface area contributed by atoms with E-state index in [0.29, 0.717) is 18.4 Å². The summed E-state index contributed by atoms with van der Waals surface area (Å²) >= 11 is 0. The van der Waals surface area contributed by atoms with Crippen molar-refractivity contribution in [1.29, 1.82) is 0 Å². The van der Waals surface area contributed by atoms with E-state index in [1.807, 2.05) is 12.4 Å². The third-order valence-electron chi connectivity index (χ3n) is 7.19. The molecule has 8 nitrogen and oxygen atoms in total. The predicted molar refractivity (Wildman–Crippen MR) is 134 cm³/mol. The molecule has 6 rings (SSSR count). The van der Waals surface area contributed by atoms with Crippen LogP contribution in [0.5, 0.6) is 5.88 Å². The van der Waals surface area contributed by atoms with Crippen LogP contribution in [0.1, 0.15) is 27.9 Å². The zero-order chi connectivity index (χ0) is 23.1. The van der Waals surface area contributed by atoms with Gasteiger partial charge in [0, 0.05) is 43.6 Å². The molecule has 0 aliphatic carbocycles. The van der Waals surface area contributed by atoms with Crippen LogP contribution < -0.4 is 20.3 Å². The molecule has 0 atom stereocenters. The Hall–Kier alpha value is -3.39. The van der Waals surface area contributed by atoms with Crippen molar-refractivity contribution in [1.82, 2.24) is 19.9 Å². The number of hydrogen-bond acceptors (Lipinski definition) is 8. The molecule has 0 spiro atoms. The van der Waals surface area contributed by atoms with Gasteiger partial charge in [-0.25, -0.2) is 15.0 Å². The van der Waals surface area contributed by atoms with Gasteiger partial charge in [0.15, 0.2) is 0 Å². The van der Waals surface area contributed by atoms with Crippen LogP contribution in [0.15, 0.2) is 30.6 Å². The van der Waals surface area contributed by atoms with Gasteiger partial charge in [-0.05, 0) is 62.1 Å². The number of nitrogens with zero attached hydrogens (tertiary/aromatic N) is 5. The number of nitrogens with one attached hydrogen (secondary N) is 2. The van der Waals surface area contributed by atoms with Gasteiger partial charge in [0.05, 0.1) is 24.1 Å². The first-order valence-electron chi connectivity index (χ1n) is 12.2. The summed E-state index contributed by atoms with van der Waals surface area (Å²) in [6, 6.07) is 6.66. The Morgan fingerprint density at radius 2 is 1.85 bits per heavy atom. The van der Waals surface area contributed by atoms with Crippen molar-refractivity contribution in [2.24, 2.45) is 0 Å². The molecule has 176 valence electrons. The molecule has 1 aromatic carbocycles. The average Bonchev–Trinajstić information content (AvgIpc) is 3.05. The zero-order valence-electron chi connectivity index (χ0n) is 19.9. The maximum absolute atomic E-state index is 5.70. The Kier molecular flexibility index (Phi) is 5.45. The number of anilines is 4. The summed E-state index contributed by atoms with van der Waals surface area (Å²) in [7, 11) is 2.20. The van der Waals surface area contributed by atoms with Gasteiger partial charge in [-0.3, -0.25) is 0 Å². The Morgan fingerprint density at radius 3 is 2.76 bits per heavy atom. The number of benzene rings is 1. The van der Waals surface area contributed by atoms with Crippen LogP contribution >= 0.6 is 0 Å². The molecule has 3 aliphatic rings. The predicted octanol–water partition coefficient (Wildman–Crippen LogP) is 3.32. The van der Waals surface area contributed by atoms with Crippen LogP contribution in [0, 0.1) is 6.92 Å². The maximum atomic E-state index is 5.70. The minimum atomic E-state index is 0.654. The molecule has 0 bridgehead atoms. The van der Waals surface area contributed by atoms with E-state index in [4.69, 9.17) is 9.72 Å². The van der Waals surface area contributed by atoms with Crippen molar-refractivity contribution in [3.05, 3.63) is 58.5 Å². The highest BCUT2D eigenvalue weighted by molar-refractivity contribution is 5.70. The first kappa shape index (κ1) is 21.2. The number of ether oxygens (including phenoxy) is 1. The monoisotopic (exact) mass is 457 g/mol. The third kappa shape index (κ3) is 4.03. The highest BCUT2D eigenvalue weighted by Gasteiger charge is 2.24. The van der Waals surface area contributed by atoms with E-state index in [-0.39, 0.29) is 0 Å². The van der Waals surface area contributed by atoms with Gasteiger partial charge in [0.2, 0.25) is 11.8 Å².